The van der Waals surface area contributed by atoms with Crippen LogP contribution in [0.4, 0.5) is 11.4 Å². The van der Waals surface area contributed by atoms with E-state index in [-0.39, 0.29) is 18.2 Å². The normalized spacial score (nSPS) is 10.1. The van der Waals surface area contributed by atoms with Crippen LogP contribution in [0.5, 0.6) is 0 Å². The highest BCUT2D eigenvalue weighted by Gasteiger charge is 2.05. The Morgan fingerprint density at radius 1 is 1.09 bits per heavy atom. The van der Waals surface area contributed by atoms with Gasteiger partial charge in [0.05, 0.1) is 6.54 Å². The lowest BCUT2D eigenvalue weighted by molar-refractivity contribution is -0.114. The molecule has 0 aliphatic carbocycles. The molecular formula is C17H17BrN2O2. The van der Waals surface area contributed by atoms with E-state index in [4.69, 9.17) is 0 Å². The van der Waals surface area contributed by atoms with Gasteiger partial charge in [-0.25, -0.2) is 0 Å². The van der Waals surface area contributed by atoms with E-state index in [0.717, 1.165) is 15.7 Å². The minimum Gasteiger partial charge on any atom is -0.375 e. The number of aryl methyl sites for hydroxylation is 1. The molecule has 4 nitrogen and oxygen atoms in total. The summed E-state index contributed by atoms with van der Waals surface area (Å²) in [5, 5.41) is 5.86. The van der Waals surface area contributed by atoms with Crippen LogP contribution in [0.25, 0.3) is 0 Å². The third kappa shape index (κ3) is 4.43. The maximum atomic E-state index is 11.9. The molecular weight excluding hydrogens is 344 g/mol. The number of carbonyl (C=O) groups excluding carboxylic acids is 2. The van der Waals surface area contributed by atoms with Gasteiger partial charge in [0.15, 0.2) is 5.78 Å². The Hall–Kier alpha value is -2.14. The molecule has 1 amide bonds. The first-order valence-corrected chi connectivity index (χ1v) is 7.66. The van der Waals surface area contributed by atoms with E-state index in [0.29, 0.717) is 11.3 Å². The third-order valence-electron chi connectivity index (χ3n) is 3.14. The number of Topliss-reactive ketones (excluding diaryl/α,β-unsaturated/α-hetero) is 1. The van der Waals surface area contributed by atoms with E-state index >= 15 is 0 Å². The van der Waals surface area contributed by atoms with E-state index in [9.17, 15) is 9.59 Å². The number of ketones is 1. The molecule has 2 aromatic carbocycles. The Balaban J connectivity index is 1.91. The van der Waals surface area contributed by atoms with Gasteiger partial charge in [-0.05, 0) is 71.7 Å². The molecule has 0 heterocycles. The van der Waals surface area contributed by atoms with Crippen LogP contribution in [-0.2, 0) is 4.79 Å². The Morgan fingerprint density at radius 3 is 2.36 bits per heavy atom. The highest BCUT2D eigenvalue weighted by atomic mass is 79.9. The predicted molar refractivity (Wildman–Crippen MR) is 92.4 cm³/mol. The van der Waals surface area contributed by atoms with Crippen molar-refractivity contribution in [3.8, 4) is 0 Å². The summed E-state index contributed by atoms with van der Waals surface area (Å²) < 4.78 is 0.922. The average Bonchev–Trinajstić information content (AvgIpc) is 2.47. The van der Waals surface area contributed by atoms with Gasteiger partial charge in [0.25, 0.3) is 0 Å². The number of hydrogen-bond acceptors (Lipinski definition) is 3. The third-order valence-corrected chi connectivity index (χ3v) is 3.80. The first-order chi connectivity index (χ1) is 10.5. The summed E-state index contributed by atoms with van der Waals surface area (Å²) in [6.45, 7) is 3.68. The molecule has 0 atom stereocenters. The lowest BCUT2D eigenvalue weighted by Gasteiger charge is -2.10. The predicted octanol–water partition coefficient (Wildman–Crippen LogP) is 4.01. The van der Waals surface area contributed by atoms with Crippen molar-refractivity contribution in [3.63, 3.8) is 0 Å². The number of hydrogen-bond donors (Lipinski definition) is 2. The fraction of sp³-hybridized carbons (Fsp3) is 0.176. The van der Waals surface area contributed by atoms with Gasteiger partial charge in [0.1, 0.15) is 0 Å². The fourth-order valence-corrected chi connectivity index (χ4v) is 2.57. The van der Waals surface area contributed by atoms with Crippen LogP contribution < -0.4 is 10.6 Å². The molecule has 2 aromatic rings. The van der Waals surface area contributed by atoms with Crippen molar-refractivity contribution in [3.05, 3.63) is 58.1 Å². The standard InChI is InChI=1S/C17H17BrN2O2/c1-11-3-8-16(15(18)9-11)19-10-17(22)20-14-6-4-13(5-7-14)12(2)21/h3-9,19H,10H2,1-2H3,(H,20,22). The zero-order valence-electron chi connectivity index (χ0n) is 12.4. The maximum Gasteiger partial charge on any atom is 0.243 e. The molecule has 0 aromatic heterocycles. The Bertz CT molecular complexity index is 696. The van der Waals surface area contributed by atoms with Crippen LogP contribution in [0.2, 0.25) is 0 Å². The van der Waals surface area contributed by atoms with Crippen molar-refractivity contribution in [1.29, 1.82) is 0 Å². The Labute approximate surface area is 138 Å². The number of halogens is 1. The van der Waals surface area contributed by atoms with Crippen molar-refractivity contribution in [2.24, 2.45) is 0 Å². The monoisotopic (exact) mass is 360 g/mol. The van der Waals surface area contributed by atoms with Gasteiger partial charge < -0.3 is 10.6 Å². The van der Waals surface area contributed by atoms with Crippen LogP contribution in [0.1, 0.15) is 22.8 Å². The summed E-state index contributed by atoms with van der Waals surface area (Å²) in [7, 11) is 0. The van der Waals surface area contributed by atoms with E-state index in [1.807, 2.05) is 25.1 Å². The molecule has 5 heteroatoms. The summed E-state index contributed by atoms with van der Waals surface area (Å²) >= 11 is 3.46. The van der Waals surface area contributed by atoms with Crippen molar-refractivity contribution in [2.45, 2.75) is 13.8 Å². The van der Waals surface area contributed by atoms with Crippen molar-refractivity contribution < 1.29 is 9.59 Å². The molecule has 0 bridgehead atoms. The van der Waals surface area contributed by atoms with Gasteiger partial charge in [-0.1, -0.05) is 6.07 Å². The van der Waals surface area contributed by atoms with Crippen LogP contribution in [-0.4, -0.2) is 18.2 Å². The van der Waals surface area contributed by atoms with E-state index < -0.39 is 0 Å². The number of carbonyl (C=O) groups is 2. The highest BCUT2D eigenvalue weighted by Crippen LogP contribution is 2.23. The number of anilines is 2. The van der Waals surface area contributed by atoms with Crippen LogP contribution in [0, 0.1) is 6.92 Å². The SMILES string of the molecule is CC(=O)c1ccc(NC(=O)CNc2ccc(C)cc2Br)cc1. The van der Waals surface area contributed by atoms with Gasteiger partial charge in [-0.15, -0.1) is 0 Å². The van der Waals surface area contributed by atoms with Crippen LogP contribution >= 0.6 is 15.9 Å². The molecule has 22 heavy (non-hydrogen) atoms. The maximum absolute atomic E-state index is 11.9. The largest absolute Gasteiger partial charge is 0.375 e. The summed E-state index contributed by atoms with van der Waals surface area (Å²) in [4.78, 5) is 23.1. The number of benzene rings is 2. The van der Waals surface area contributed by atoms with Gasteiger partial charge >= 0.3 is 0 Å². The molecule has 0 spiro atoms. The van der Waals surface area contributed by atoms with Crippen LogP contribution in [0.3, 0.4) is 0 Å². The molecule has 0 fully saturated rings. The molecule has 2 rings (SSSR count). The van der Waals surface area contributed by atoms with Crippen molar-refractivity contribution >= 4 is 39.0 Å². The molecule has 0 aliphatic rings. The van der Waals surface area contributed by atoms with Gasteiger partial charge in [-0.3, -0.25) is 9.59 Å². The minimum atomic E-state index is -0.150. The second-order valence-corrected chi connectivity index (χ2v) is 5.87. The summed E-state index contributed by atoms with van der Waals surface area (Å²) in [5.41, 5.74) is 3.31. The smallest absolute Gasteiger partial charge is 0.243 e. The fourth-order valence-electron chi connectivity index (χ4n) is 1.93. The van der Waals surface area contributed by atoms with Gasteiger partial charge in [0, 0.05) is 21.4 Å². The second kappa shape index (κ2) is 7.22. The summed E-state index contributed by atoms with van der Waals surface area (Å²) in [5.74, 6) is -0.146. The molecule has 114 valence electrons. The summed E-state index contributed by atoms with van der Waals surface area (Å²) in [6, 6.07) is 12.7. The van der Waals surface area contributed by atoms with Gasteiger partial charge in [0.2, 0.25) is 5.91 Å². The number of amides is 1. The first kappa shape index (κ1) is 16.2. The Kier molecular flexibility index (Phi) is 5.33. The zero-order valence-corrected chi connectivity index (χ0v) is 14.0. The van der Waals surface area contributed by atoms with E-state index in [2.05, 4.69) is 26.6 Å². The number of nitrogens with one attached hydrogen (secondary N) is 2. The first-order valence-electron chi connectivity index (χ1n) is 6.86. The molecule has 0 saturated heterocycles. The Morgan fingerprint density at radius 2 is 1.77 bits per heavy atom. The number of rotatable bonds is 5. The molecule has 2 N–H and O–H groups in total. The second-order valence-electron chi connectivity index (χ2n) is 5.02. The molecule has 0 unspecified atom stereocenters. The molecule has 0 aliphatic heterocycles. The topological polar surface area (TPSA) is 58.2 Å². The zero-order chi connectivity index (χ0) is 16.1. The van der Waals surface area contributed by atoms with Crippen molar-refractivity contribution in [1.82, 2.24) is 0 Å². The average molecular weight is 361 g/mol. The van der Waals surface area contributed by atoms with Crippen molar-refractivity contribution in [2.75, 3.05) is 17.2 Å². The van der Waals surface area contributed by atoms with Gasteiger partial charge in [-0.2, -0.15) is 0 Å². The molecule has 0 radical (unpaired) electrons. The lowest BCUT2D eigenvalue weighted by atomic mass is 10.1. The lowest BCUT2D eigenvalue weighted by Crippen LogP contribution is -2.21. The minimum absolute atomic E-state index is 0.00349. The highest BCUT2D eigenvalue weighted by molar-refractivity contribution is 9.10. The quantitative estimate of drug-likeness (QED) is 0.792. The van der Waals surface area contributed by atoms with Crippen LogP contribution in [0.15, 0.2) is 46.9 Å². The van der Waals surface area contributed by atoms with E-state index in [1.54, 1.807) is 24.3 Å². The van der Waals surface area contributed by atoms with E-state index in [1.165, 1.54) is 6.92 Å². The molecule has 0 saturated carbocycles. The summed E-state index contributed by atoms with van der Waals surface area (Å²) in [6.07, 6.45) is 0.